The van der Waals surface area contributed by atoms with Gasteiger partial charge in [-0.15, -0.1) is 0 Å². The van der Waals surface area contributed by atoms with Gasteiger partial charge in [-0.25, -0.2) is 9.18 Å². The van der Waals surface area contributed by atoms with Crippen molar-refractivity contribution >= 4 is 24.7 Å². The Morgan fingerprint density at radius 3 is 2.00 bits per heavy atom. The van der Waals surface area contributed by atoms with Gasteiger partial charge in [-0.2, -0.15) is 0 Å². The minimum absolute atomic E-state index is 0.0613. The van der Waals surface area contributed by atoms with Gasteiger partial charge in [-0.3, -0.25) is 0 Å². The van der Waals surface area contributed by atoms with Crippen molar-refractivity contribution in [1.82, 2.24) is 0 Å². The lowest BCUT2D eigenvalue weighted by Crippen LogP contribution is -2.68. The van der Waals surface area contributed by atoms with Crippen LogP contribution in [0.5, 0.6) is 0 Å². The SMILES string of the molecule is C=C1[C@@H](F)CC(=CC(=O)O)C[C@H]1O[Si](c1ccccc1)(c1ccccc1)C(C)(C)C. The van der Waals surface area contributed by atoms with Crippen molar-refractivity contribution in [2.24, 2.45) is 0 Å². The van der Waals surface area contributed by atoms with Crippen LogP contribution in [0.3, 0.4) is 0 Å². The number of alkyl halides is 1. The predicted molar refractivity (Wildman–Crippen MR) is 121 cm³/mol. The zero-order valence-electron chi connectivity index (χ0n) is 17.8. The molecule has 0 aromatic heterocycles. The van der Waals surface area contributed by atoms with Gasteiger partial charge >= 0.3 is 5.97 Å². The third-order valence-corrected chi connectivity index (χ3v) is 10.8. The number of carboxylic acids is 1. The van der Waals surface area contributed by atoms with Crippen LogP contribution in [0.4, 0.5) is 4.39 Å². The minimum Gasteiger partial charge on any atom is -0.478 e. The van der Waals surface area contributed by atoms with E-state index >= 15 is 0 Å². The highest BCUT2D eigenvalue weighted by Gasteiger charge is 2.52. The molecule has 2 atom stereocenters. The molecule has 0 spiro atoms. The summed E-state index contributed by atoms with van der Waals surface area (Å²) < 4.78 is 21.8. The van der Waals surface area contributed by atoms with Gasteiger partial charge in [0.15, 0.2) is 0 Å². The van der Waals surface area contributed by atoms with E-state index in [9.17, 15) is 9.18 Å². The minimum atomic E-state index is -2.88. The van der Waals surface area contributed by atoms with E-state index in [1.807, 2.05) is 36.4 Å². The number of rotatable bonds is 5. The molecule has 0 heterocycles. The van der Waals surface area contributed by atoms with E-state index in [-0.39, 0.29) is 11.5 Å². The Balaban J connectivity index is 2.16. The topological polar surface area (TPSA) is 46.5 Å². The van der Waals surface area contributed by atoms with Crippen LogP contribution >= 0.6 is 0 Å². The summed E-state index contributed by atoms with van der Waals surface area (Å²) in [5.74, 6) is -1.06. The molecular formula is C25H29FO3Si. The van der Waals surface area contributed by atoms with Crippen LogP contribution in [-0.4, -0.2) is 31.7 Å². The number of aliphatic carboxylic acids is 1. The number of hydrogen-bond donors (Lipinski definition) is 1. The van der Waals surface area contributed by atoms with Gasteiger partial charge in [0, 0.05) is 12.5 Å². The molecule has 1 aliphatic carbocycles. The molecule has 3 rings (SSSR count). The first-order valence-electron chi connectivity index (χ1n) is 10.2. The van der Waals surface area contributed by atoms with Gasteiger partial charge in [-0.1, -0.05) is 93.6 Å². The molecule has 0 aliphatic heterocycles. The second-order valence-corrected chi connectivity index (χ2v) is 13.1. The summed E-state index contributed by atoms with van der Waals surface area (Å²) in [5, 5.41) is 11.1. The number of hydrogen-bond acceptors (Lipinski definition) is 2. The summed E-state index contributed by atoms with van der Waals surface area (Å²) in [6.45, 7) is 10.5. The van der Waals surface area contributed by atoms with Crippen molar-refractivity contribution in [2.45, 2.75) is 50.9 Å². The second-order valence-electron chi connectivity index (χ2n) is 8.86. The van der Waals surface area contributed by atoms with Crippen LogP contribution in [0, 0.1) is 0 Å². The quantitative estimate of drug-likeness (QED) is 0.432. The number of benzene rings is 2. The Morgan fingerprint density at radius 1 is 1.07 bits per heavy atom. The molecule has 5 heteroatoms. The molecule has 1 N–H and O–H groups in total. The molecule has 0 saturated heterocycles. The molecule has 0 bridgehead atoms. The lowest BCUT2D eigenvalue weighted by atomic mass is 9.87. The Labute approximate surface area is 179 Å². The summed E-state index contributed by atoms with van der Waals surface area (Å²) in [6, 6.07) is 20.3. The fourth-order valence-electron chi connectivity index (χ4n) is 4.33. The van der Waals surface area contributed by atoms with E-state index in [1.165, 1.54) is 0 Å². The Kier molecular flexibility index (Phi) is 6.43. The number of carbonyl (C=O) groups is 1. The van der Waals surface area contributed by atoms with Gasteiger partial charge in [0.1, 0.15) is 6.17 Å². The molecule has 3 nitrogen and oxygen atoms in total. The Bertz CT molecular complexity index is 892. The third kappa shape index (κ3) is 4.32. The van der Waals surface area contributed by atoms with Crippen molar-refractivity contribution < 1.29 is 18.7 Å². The Morgan fingerprint density at radius 2 is 1.57 bits per heavy atom. The van der Waals surface area contributed by atoms with Crippen molar-refractivity contribution in [2.75, 3.05) is 0 Å². The van der Waals surface area contributed by atoms with Crippen LogP contribution in [0.15, 0.2) is 84.5 Å². The highest BCUT2D eigenvalue weighted by molar-refractivity contribution is 6.99. The summed E-state index contributed by atoms with van der Waals surface area (Å²) in [5.41, 5.74) is 0.941. The van der Waals surface area contributed by atoms with Crippen LogP contribution in [0.1, 0.15) is 33.6 Å². The summed E-state index contributed by atoms with van der Waals surface area (Å²) in [7, 11) is -2.88. The maximum atomic E-state index is 14.8. The second kappa shape index (κ2) is 8.70. The molecule has 30 heavy (non-hydrogen) atoms. The average molecular weight is 425 g/mol. The third-order valence-electron chi connectivity index (χ3n) is 5.77. The molecule has 0 radical (unpaired) electrons. The number of carboxylic acid groups (broad SMARTS) is 1. The molecule has 0 amide bonds. The summed E-state index contributed by atoms with van der Waals surface area (Å²) in [6.07, 6.45) is -0.374. The molecule has 158 valence electrons. The molecule has 1 fully saturated rings. The fourth-order valence-corrected chi connectivity index (χ4v) is 9.01. The number of halogens is 1. The van der Waals surface area contributed by atoms with Crippen molar-refractivity contribution in [3.8, 4) is 0 Å². The molecule has 0 unspecified atom stereocenters. The molecule has 1 saturated carbocycles. The van der Waals surface area contributed by atoms with E-state index in [0.29, 0.717) is 17.6 Å². The van der Waals surface area contributed by atoms with Gasteiger partial charge in [0.2, 0.25) is 0 Å². The fraction of sp³-hybridized carbons (Fsp3) is 0.320. The highest BCUT2D eigenvalue weighted by Crippen LogP contribution is 2.41. The van der Waals surface area contributed by atoms with Crippen LogP contribution in [-0.2, 0) is 9.22 Å². The predicted octanol–water partition coefficient (Wildman–Crippen LogP) is 4.63. The lowest BCUT2D eigenvalue weighted by Gasteiger charge is -2.46. The van der Waals surface area contributed by atoms with Gasteiger partial charge < -0.3 is 9.53 Å². The molecular weight excluding hydrogens is 395 g/mol. The van der Waals surface area contributed by atoms with Crippen molar-refractivity contribution in [3.63, 3.8) is 0 Å². The summed E-state index contributed by atoms with van der Waals surface area (Å²) >= 11 is 0. The Hall–Kier alpha value is -2.50. The van der Waals surface area contributed by atoms with E-state index in [4.69, 9.17) is 9.53 Å². The van der Waals surface area contributed by atoms with E-state index in [0.717, 1.165) is 16.4 Å². The van der Waals surface area contributed by atoms with Gasteiger partial charge in [0.05, 0.1) is 6.10 Å². The van der Waals surface area contributed by atoms with E-state index in [2.05, 4.69) is 51.6 Å². The smallest absolute Gasteiger partial charge is 0.328 e. The standard InChI is InChI=1S/C25H29FO3Si/c1-18-22(26)15-19(17-24(27)28)16-23(18)29-30(25(2,3)4,20-11-7-5-8-12-20)21-13-9-6-10-14-21/h5-14,17,22-23H,1,15-16H2,2-4H3,(H,27,28)/t22-,23+/m0/s1. The van der Waals surface area contributed by atoms with Crippen LogP contribution in [0.25, 0.3) is 0 Å². The van der Waals surface area contributed by atoms with Crippen LogP contribution in [0.2, 0.25) is 5.04 Å². The first kappa shape index (κ1) is 22.2. The zero-order valence-corrected chi connectivity index (χ0v) is 18.8. The van der Waals surface area contributed by atoms with Gasteiger partial charge in [-0.05, 0) is 27.4 Å². The van der Waals surface area contributed by atoms with E-state index < -0.39 is 26.6 Å². The summed E-state index contributed by atoms with van der Waals surface area (Å²) in [4.78, 5) is 11.2. The molecule has 2 aromatic rings. The average Bonchev–Trinajstić information content (AvgIpc) is 2.69. The first-order valence-corrected chi connectivity index (χ1v) is 12.1. The first-order chi connectivity index (χ1) is 14.1. The van der Waals surface area contributed by atoms with E-state index in [1.54, 1.807) is 0 Å². The van der Waals surface area contributed by atoms with Crippen LogP contribution < -0.4 is 10.4 Å². The normalized spacial score (nSPS) is 21.6. The lowest BCUT2D eigenvalue weighted by molar-refractivity contribution is -0.131. The van der Waals surface area contributed by atoms with Gasteiger partial charge in [0.25, 0.3) is 8.32 Å². The van der Waals surface area contributed by atoms with Crippen molar-refractivity contribution in [1.29, 1.82) is 0 Å². The maximum Gasteiger partial charge on any atom is 0.328 e. The largest absolute Gasteiger partial charge is 0.478 e. The molecule has 1 aliphatic rings. The van der Waals surface area contributed by atoms with Crippen molar-refractivity contribution in [3.05, 3.63) is 84.5 Å². The maximum absolute atomic E-state index is 14.8. The highest BCUT2D eigenvalue weighted by atomic mass is 28.4. The zero-order chi connectivity index (χ0) is 21.9. The molecule has 2 aromatic carbocycles. The monoisotopic (exact) mass is 424 g/mol.